The number of phenolic OH excluding ortho intramolecular Hbond substituents is 1. The lowest BCUT2D eigenvalue weighted by Crippen LogP contribution is -2.17. The molecule has 0 amide bonds. The number of rotatable bonds is 1. The molecule has 0 saturated carbocycles. The molecule has 0 aliphatic carbocycles. The summed E-state index contributed by atoms with van der Waals surface area (Å²) in [5.74, 6) is 0.449. The van der Waals surface area contributed by atoms with Crippen LogP contribution < -0.4 is 0 Å². The smallest absolute Gasteiger partial charge is 0.416 e. The second-order valence-corrected chi connectivity index (χ2v) is 9.12. The van der Waals surface area contributed by atoms with Gasteiger partial charge < -0.3 is 9.52 Å². The number of hydrogen-bond acceptors (Lipinski definition) is 3. The van der Waals surface area contributed by atoms with Gasteiger partial charge in [0.25, 0.3) is 0 Å². The number of benzene rings is 2. The van der Waals surface area contributed by atoms with Crippen LogP contribution in [0.15, 0.2) is 34.7 Å². The number of phenols is 1. The molecule has 28 heavy (non-hydrogen) atoms. The van der Waals surface area contributed by atoms with Gasteiger partial charge in [-0.25, -0.2) is 4.98 Å². The Balaban J connectivity index is 2.23. The zero-order chi connectivity index (χ0) is 21.1. The predicted octanol–water partition coefficient (Wildman–Crippen LogP) is 6.81. The van der Waals surface area contributed by atoms with Crippen LogP contribution in [0.2, 0.25) is 0 Å². The highest BCUT2D eigenvalue weighted by atomic mass is 19.4. The van der Waals surface area contributed by atoms with E-state index in [-0.39, 0.29) is 33.6 Å². The molecule has 0 bridgehead atoms. The molecule has 150 valence electrons. The molecular formula is C22H24F3NO2. The molecule has 0 atom stereocenters. The molecule has 1 N–H and O–H groups in total. The Labute approximate surface area is 162 Å². The standard InChI is InChI=1S/C22H24F3NO2/c1-20(2,3)14-9-12(10-15(18(14)27)21(4,5)6)19-26-16-11-13(22(23,24)25)7-8-17(16)28-19/h7-11,27H,1-6H3. The fourth-order valence-electron chi connectivity index (χ4n) is 3.13. The number of halogens is 3. The average Bonchev–Trinajstić information content (AvgIpc) is 2.95. The topological polar surface area (TPSA) is 46.3 Å². The summed E-state index contributed by atoms with van der Waals surface area (Å²) in [6.45, 7) is 11.9. The number of fused-ring (bicyclic) bond motifs is 1. The van der Waals surface area contributed by atoms with Crippen LogP contribution in [-0.2, 0) is 17.0 Å². The minimum atomic E-state index is -4.44. The quantitative estimate of drug-likeness (QED) is 0.495. The van der Waals surface area contributed by atoms with E-state index < -0.39 is 11.7 Å². The van der Waals surface area contributed by atoms with Gasteiger partial charge in [0.05, 0.1) is 5.56 Å². The highest BCUT2D eigenvalue weighted by Gasteiger charge is 2.31. The Bertz CT molecular complexity index is 1000. The normalized spacial score (nSPS) is 13.3. The Morgan fingerprint density at radius 1 is 0.857 bits per heavy atom. The first kappa shape index (κ1) is 20.2. The maximum absolute atomic E-state index is 13.0. The molecule has 3 rings (SSSR count). The van der Waals surface area contributed by atoms with Gasteiger partial charge in [0.2, 0.25) is 5.89 Å². The molecule has 1 heterocycles. The van der Waals surface area contributed by atoms with Crippen LogP contribution in [0.4, 0.5) is 13.2 Å². The Hall–Kier alpha value is -2.50. The van der Waals surface area contributed by atoms with Crippen molar-refractivity contribution in [3.63, 3.8) is 0 Å². The molecule has 3 nitrogen and oxygen atoms in total. The molecule has 6 heteroatoms. The van der Waals surface area contributed by atoms with Gasteiger partial charge in [0.1, 0.15) is 11.3 Å². The number of aromatic nitrogens is 1. The summed E-state index contributed by atoms with van der Waals surface area (Å²) in [4.78, 5) is 4.28. The van der Waals surface area contributed by atoms with Crippen LogP contribution in [0.5, 0.6) is 5.75 Å². The molecular weight excluding hydrogens is 367 g/mol. The summed E-state index contributed by atoms with van der Waals surface area (Å²) in [5, 5.41) is 10.8. The summed E-state index contributed by atoms with van der Waals surface area (Å²) in [7, 11) is 0. The molecule has 0 saturated heterocycles. The van der Waals surface area contributed by atoms with Gasteiger partial charge in [-0.3, -0.25) is 0 Å². The van der Waals surface area contributed by atoms with Crippen LogP contribution >= 0.6 is 0 Å². The summed E-state index contributed by atoms with van der Waals surface area (Å²) in [5.41, 5.74) is 1.07. The third-order valence-corrected chi connectivity index (χ3v) is 4.69. The molecule has 0 spiro atoms. The molecule has 0 unspecified atom stereocenters. The van der Waals surface area contributed by atoms with Gasteiger partial charge >= 0.3 is 6.18 Å². The monoisotopic (exact) mass is 391 g/mol. The number of hydrogen-bond donors (Lipinski definition) is 1. The molecule has 0 aliphatic heterocycles. The molecule has 0 radical (unpaired) electrons. The predicted molar refractivity (Wildman–Crippen MR) is 104 cm³/mol. The van der Waals surface area contributed by atoms with Crippen molar-refractivity contribution in [1.82, 2.24) is 4.98 Å². The molecule has 0 fully saturated rings. The summed E-state index contributed by atoms with van der Waals surface area (Å²) in [6.07, 6.45) is -4.44. The number of nitrogens with zero attached hydrogens (tertiary/aromatic N) is 1. The number of alkyl halides is 3. The Kier molecular flexibility index (Phi) is 4.52. The first-order chi connectivity index (χ1) is 12.7. The van der Waals surface area contributed by atoms with Gasteiger partial charge in [-0.1, -0.05) is 41.5 Å². The van der Waals surface area contributed by atoms with Crippen molar-refractivity contribution >= 4 is 11.1 Å². The van der Waals surface area contributed by atoms with E-state index >= 15 is 0 Å². The molecule has 0 aliphatic rings. The zero-order valence-corrected chi connectivity index (χ0v) is 16.8. The number of oxazole rings is 1. The van der Waals surface area contributed by atoms with E-state index in [9.17, 15) is 18.3 Å². The van der Waals surface area contributed by atoms with Crippen molar-refractivity contribution in [2.45, 2.75) is 58.5 Å². The van der Waals surface area contributed by atoms with Gasteiger partial charge in [0.15, 0.2) is 5.58 Å². The molecule has 1 aromatic heterocycles. The van der Waals surface area contributed by atoms with Crippen molar-refractivity contribution in [2.75, 3.05) is 0 Å². The zero-order valence-electron chi connectivity index (χ0n) is 16.8. The van der Waals surface area contributed by atoms with Gasteiger partial charge in [-0.05, 0) is 41.2 Å². The van der Waals surface area contributed by atoms with Crippen molar-refractivity contribution in [2.24, 2.45) is 0 Å². The number of aromatic hydroxyl groups is 1. The van der Waals surface area contributed by atoms with Crippen LogP contribution in [0.3, 0.4) is 0 Å². The third kappa shape index (κ3) is 3.73. The van der Waals surface area contributed by atoms with Gasteiger partial charge in [-0.15, -0.1) is 0 Å². The SMILES string of the molecule is CC(C)(C)c1cc(-c2nc3cc(C(F)(F)F)ccc3o2)cc(C(C)(C)C)c1O. The molecule has 2 aromatic carbocycles. The second kappa shape index (κ2) is 6.26. The maximum atomic E-state index is 13.0. The lowest BCUT2D eigenvalue weighted by Gasteiger charge is -2.27. The minimum Gasteiger partial charge on any atom is -0.507 e. The fraction of sp³-hybridized carbons (Fsp3) is 0.409. The first-order valence-electron chi connectivity index (χ1n) is 9.04. The maximum Gasteiger partial charge on any atom is 0.416 e. The van der Waals surface area contributed by atoms with E-state index in [4.69, 9.17) is 4.42 Å². The van der Waals surface area contributed by atoms with Gasteiger partial charge in [-0.2, -0.15) is 13.2 Å². The van der Waals surface area contributed by atoms with Gasteiger partial charge in [0, 0.05) is 16.7 Å². The third-order valence-electron chi connectivity index (χ3n) is 4.69. The summed E-state index contributed by atoms with van der Waals surface area (Å²) >= 11 is 0. The van der Waals surface area contributed by atoms with E-state index in [0.717, 1.165) is 23.3 Å². The van der Waals surface area contributed by atoms with E-state index in [1.807, 2.05) is 41.5 Å². The van der Waals surface area contributed by atoms with Crippen LogP contribution in [0.25, 0.3) is 22.6 Å². The summed E-state index contributed by atoms with van der Waals surface area (Å²) in [6, 6.07) is 6.83. The fourth-order valence-corrected chi connectivity index (χ4v) is 3.13. The Morgan fingerprint density at radius 2 is 1.39 bits per heavy atom. The van der Waals surface area contributed by atoms with E-state index in [2.05, 4.69) is 4.98 Å². The van der Waals surface area contributed by atoms with Crippen molar-refractivity contribution < 1.29 is 22.7 Å². The van der Waals surface area contributed by atoms with E-state index in [0.29, 0.717) is 5.56 Å². The van der Waals surface area contributed by atoms with Crippen LogP contribution in [0.1, 0.15) is 58.2 Å². The largest absolute Gasteiger partial charge is 0.507 e. The highest BCUT2D eigenvalue weighted by Crippen LogP contribution is 2.42. The first-order valence-corrected chi connectivity index (χ1v) is 9.04. The van der Waals surface area contributed by atoms with E-state index in [1.54, 1.807) is 12.1 Å². The van der Waals surface area contributed by atoms with Crippen LogP contribution in [-0.4, -0.2) is 10.1 Å². The average molecular weight is 391 g/mol. The van der Waals surface area contributed by atoms with E-state index in [1.165, 1.54) is 6.07 Å². The lowest BCUT2D eigenvalue weighted by molar-refractivity contribution is -0.137. The Morgan fingerprint density at radius 3 is 1.86 bits per heavy atom. The van der Waals surface area contributed by atoms with Crippen molar-refractivity contribution in [3.05, 3.63) is 47.0 Å². The van der Waals surface area contributed by atoms with Crippen molar-refractivity contribution in [1.29, 1.82) is 0 Å². The summed E-state index contributed by atoms with van der Waals surface area (Å²) < 4.78 is 44.7. The minimum absolute atomic E-state index is 0.146. The highest BCUT2D eigenvalue weighted by molar-refractivity contribution is 5.77. The van der Waals surface area contributed by atoms with Crippen LogP contribution in [0, 0.1) is 0 Å². The van der Waals surface area contributed by atoms with Crippen molar-refractivity contribution in [3.8, 4) is 17.2 Å². The molecule has 3 aromatic rings. The lowest BCUT2D eigenvalue weighted by atomic mass is 9.78. The second-order valence-electron chi connectivity index (χ2n) is 9.12.